The fourth-order valence-electron chi connectivity index (χ4n) is 2.48. The van der Waals surface area contributed by atoms with E-state index in [4.69, 9.17) is 0 Å². The Balaban J connectivity index is 2.03. The lowest BCUT2D eigenvalue weighted by molar-refractivity contribution is -0.116. The zero-order valence-corrected chi connectivity index (χ0v) is 14.7. The van der Waals surface area contributed by atoms with Gasteiger partial charge in [-0.05, 0) is 44.6 Å². The van der Waals surface area contributed by atoms with Crippen LogP contribution in [0.4, 0.5) is 5.69 Å². The molecule has 2 N–H and O–H groups in total. The number of carbonyl (C=O) groups excluding carboxylic acids is 2. The van der Waals surface area contributed by atoms with E-state index in [1.165, 1.54) is 0 Å². The van der Waals surface area contributed by atoms with E-state index in [0.29, 0.717) is 12.0 Å². The zero-order chi connectivity index (χ0) is 16.7. The Hall–Kier alpha value is -1.53. The van der Waals surface area contributed by atoms with E-state index < -0.39 is 0 Å². The van der Waals surface area contributed by atoms with Crippen LogP contribution < -0.4 is 10.6 Å². The van der Waals surface area contributed by atoms with Crippen molar-refractivity contribution >= 4 is 29.3 Å². The molecule has 0 spiro atoms. The molecule has 1 aliphatic heterocycles. The third kappa shape index (κ3) is 5.25. The van der Waals surface area contributed by atoms with Crippen molar-refractivity contribution in [3.8, 4) is 0 Å². The molecule has 0 radical (unpaired) electrons. The number of anilines is 1. The molecule has 1 fully saturated rings. The van der Waals surface area contributed by atoms with Crippen molar-refractivity contribution in [2.75, 3.05) is 43.5 Å². The SMILES string of the molecule is CNCCCC(=O)Nc1cc(C(=O)N2CCSCC2)ccc1C. The van der Waals surface area contributed by atoms with Crippen LogP contribution in [0.5, 0.6) is 0 Å². The second-order valence-electron chi connectivity index (χ2n) is 5.69. The van der Waals surface area contributed by atoms with Gasteiger partial charge in [-0.1, -0.05) is 6.07 Å². The van der Waals surface area contributed by atoms with Crippen molar-refractivity contribution < 1.29 is 9.59 Å². The maximum Gasteiger partial charge on any atom is 0.253 e. The molecule has 1 aromatic rings. The van der Waals surface area contributed by atoms with Crippen LogP contribution in [0.15, 0.2) is 18.2 Å². The number of amides is 2. The Morgan fingerprint density at radius 1 is 1.26 bits per heavy atom. The van der Waals surface area contributed by atoms with E-state index in [1.54, 1.807) is 6.07 Å². The highest BCUT2D eigenvalue weighted by Crippen LogP contribution is 2.20. The summed E-state index contributed by atoms with van der Waals surface area (Å²) in [5, 5.41) is 5.95. The first-order chi connectivity index (χ1) is 11.1. The van der Waals surface area contributed by atoms with Gasteiger partial charge in [0, 0.05) is 42.3 Å². The maximum atomic E-state index is 12.6. The van der Waals surface area contributed by atoms with Gasteiger partial charge in [-0.3, -0.25) is 9.59 Å². The van der Waals surface area contributed by atoms with E-state index in [0.717, 1.165) is 48.8 Å². The molecule has 1 aromatic carbocycles. The van der Waals surface area contributed by atoms with Gasteiger partial charge in [0.2, 0.25) is 5.91 Å². The van der Waals surface area contributed by atoms with Gasteiger partial charge in [-0.15, -0.1) is 0 Å². The molecule has 126 valence electrons. The number of rotatable bonds is 6. The van der Waals surface area contributed by atoms with Crippen molar-refractivity contribution in [3.05, 3.63) is 29.3 Å². The number of benzene rings is 1. The highest BCUT2D eigenvalue weighted by atomic mass is 32.2. The third-order valence-electron chi connectivity index (χ3n) is 3.89. The number of nitrogens with one attached hydrogen (secondary N) is 2. The summed E-state index contributed by atoms with van der Waals surface area (Å²) in [6.45, 7) is 4.35. The highest BCUT2D eigenvalue weighted by Gasteiger charge is 2.19. The summed E-state index contributed by atoms with van der Waals surface area (Å²) >= 11 is 1.88. The predicted octanol–water partition coefficient (Wildman–Crippen LogP) is 2.12. The minimum Gasteiger partial charge on any atom is -0.337 e. The molecule has 0 atom stereocenters. The molecule has 0 saturated carbocycles. The van der Waals surface area contributed by atoms with Crippen molar-refractivity contribution in [3.63, 3.8) is 0 Å². The molecule has 1 heterocycles. The number of thioether (sulfide) groups is 1. The topological polar surface area (TPSA) is 61.4 Å². The molecular formula is C17H25N3O2S. The average molecular weight is 335 g/mol. The van der Waals surface area contributed by atoms with Gasteiger partial charge in [0.05, 0.1) is 0 Å². The van der Waals surface area contributed by atoms with Crippen molar-refractivity contribution in [1.29, 1.82) is 0 Å². The summed E-state index contributed by atoms with van der Waals surface area (Å²) in [4.78, 5) is 26.4. The Morgan fingerprint density at radius 3 is 2.70 bits per heavy atom. The first kappa shape index (κ1) is 17.8. The van der Waals surface area contributed by atoms with Crippen LogP contribution in [0.3, 0.4) is 0 Å². The average Bonchev–Trinajstić information content (AvgIpc) is 2.57. The molecule has 6 heteroatoms. The molecular weight excluding hydrogens is 310 g/mol. The lowest BCUT2D eigenvalue weighted by Gasteiger charge is -2.26. The van der Waals surface area contributed by atoms with Crippen LogP contribution in [0.2, 0.25) is 0 Å². The van der Waals surface area contributed by atoms with Crippen molar-refractivity contribution in [2.45, 2.75) is 19.8 Å². The minimum absolute atomic E-state index is 0.0117. The van der Waals surface area contributed by atoms with E-state index in [1.807, 2.05) is 42.8 Å². The molecule has 5 nitrogen and oxygen atoms in total. The maximum absolute atomic E-state index is 12.6. The largest absolute Gasteiger partial charge is 0.337 e. The zero-order valence-electron chi connectivity index (χ0n) is 13.9. The van der Waals surface area contributed by atoms with Gasteiger partial charge >= 0.3 is 0 Å². The summed E-state index contributed by atoms with van der Waals surface area (Å²) in [5.74, 6) is 2.03. The fourth-order valence-corrected chi connectivity index (χ4v) is 3.38. The molecule has 23 heavy (non-hydrogen) atoms. The third-order valence-corrected chi connectivity index (χ3v) is 4.83. The molecule has 0 aliphatic carbocycles. The van der Waals surface area contributed by atoms with Gasteiger partial charge < -0.3 is 15.5 Å². The van der Waals surface area contributed by atoms with Crippen LogP contribution in [-0.4, -0.2) is 54.9 Å². The molecule has 0 aromatic heterocycles. The van der Waals surface area contributed by atoms with E-state index in [9.17, 15) is 9.59 Å². The Labute approximate surface area is 142 Å². The fraction of sp³-hybridized carbons (Fsp3) is 0.529. The van der Waals surface area contributed by atoms with Crippen LogP contribution in [0.25, 0.3) is 0 Å². The molecule has 0 bridgehead atoms. The monoisotopic (exact) mass is 335 g/mol. The normalized spacial score (nSPS) is 14.6. The first-order valence-corrected chi connectivity index (χ1v) is 9.19. The van der Waals surface area contributed by atoms with Gasteiger partial charge in [-0.25, -0.2) is 0 Å². The number of nitrogens with zero attached hydrogens (tertiary/aromatic N) is 1. The summed E-state index contributed by atoms with van der Waals surface area (Å²) in [7, 11) is 1.87. The number of carbonyl (C=O) groups is 2. The quantitative estimate of drug-likeness (QED) is 0.782. The molecule has 1 aliphatic rings. The second-order valence-corrected chi connectivity index (χ2v) is 6.91. The number of hydrogen-bond acceptors (Lipinski definition) is 4. The van der Waals surface area contributed by atoms with Crippen LogP contribution in [0.1, 0.15) is 28.8 Å². The van der Waals surface area contributed by atoms with E-state index >= 15 is 0 Å². The Bertz CT molecular complexity index is 557. The summed E-state index contributed by atoms with van der Waals surface area (Å²) in [6.07, 6.45) is 1.27. The van der Waals surface area contributed by atoms with Gasteiger partial charge in [0.15, 0.2) is 0 Å². The summed E-state index contributed by atoms with van der Waals surface area (Å²) in [6, 6.07) is 5.54. The Morgan fingerprint density at radius 2 is 2.00 bits per heavy atom. The first-order valence-electron chi connectivity index (χ1n) is 8.04. The van der Waals surface area contributed by atoms with Crippen LogP contribution in [0, 0.1) is 6.92 Å². The summed E-state index contributed by atoms with van der Waals surface area (Å²) < 4.78 is 0. The second kappa shape index (κ2) is 8.93. The molecule has 2 rings (SSSR count). The minimum atomic E-state index is -0.0117. The predicted molar refractivity (Wildman–Crippen MR) is 96.2 cm³/mol. The van der Waals surface area contributed by atoms with Gasteiger partial charge in [0.1, 0.15) is 0 Å². The lowest BCUT2D eigenvalue weighted by Crippen LogP contribution is -2.37. The standard InChI is InChI=1S/C17H25N3O2S/c1-13-5-6-14(17(22)20-8-10-23-11-9-20)12-15(13)19-16(21)4-3-7-18-2/h5-6,12,18H,3-4,7-11H2,1-2H3,(H,19,21). The van der Waals surface area contributed by atoms with E-state index in [2.05, 4.69) is 10.6 Å². The van der Waals surface area contributed by atoms with Crippen molar-refractivity contribution in [1.82, 2.24) is 10.2 Å². The molecule has 2 amide bonds. The van der Waals surface area contributed by atoms with Crippen molar-refractivity contribution in [2.24, 2.45) is 0 Å². The smallest absolute Gasteiger partial charge is 0.253 e. The number of aryl methyl sites for hydroxylation is 1. The molecule has 0 unspecified atom stereocenters. The van der Waals surface area contributed by atoms with Crippen LogP contribution >= 0.6 is 11.8 Å². The highest BCUT2D eigenvalue weighted by molar-refractivity contribution is 7.99. The van der Waals surface area contributed by atoms with Gasteiger partial charge in [0.25, 0.3) is 5.91 Å². The number of hydrogen-bond donors (Lipinski definition) is 2. The van der Waals surface area contributed by atoms with Crippen LogP contribution in [-0.2, 0) is 4.79 Å². The molecule has 1 saturated heterocycles. The summed E-state index contributed by atoms with van der Waals surface area (Å²) in [5.41, 5.74) is 2.35. The lowest BCUT2D eigenvalue weighted by atomic mass is 10.1. The Kier molecular flexibility index (Phi) is 6.92. The van der Waals surface area contributed by atoms with Gasteiger partial charge in [-0.2, -0.15) is 11.8 Å². The van der Waals surface area contributed by atoms with E-state index in [-0.39, 0.29) is 11.8 Å².